The van der Waals surface area contributed by atoms with Crippen molar-refractivity contribution in [3.8, 4) is 11.5 Å². The van der Waals surface area contributed by atoms with Crippen molar-refractivity contribution < 1.29 is 18.7 Å². The molecule has 1 fully saturated rings. The van der Waals surface area contributed by atoms with Crippen LogP contribution in [0.3, 0.4) is 0 Å². The van der Waals surface area contributed by atoms with Crippen LogP contribution >= 0.6 is 0 Å². The second kappa shape index (κ2) is 7.65. The SMILES string of the molecule is O=C(Nc1ccccc1Oc1cccc(F)c1)N[C@@H]1CCCNC1=O. The summed E-state index contributed by atoms with van der Waals surface area (Å²) in [6.45, 7) is 0.628. The monoisotopic (exact) mass is 343 g/mol. The average Bonchev–Trinajstić information content (AvgIpc) is 2.59. The molecule has 2 aromatic carbocycles. The van der Waals surface area contributed by atoms with Crippen molar-refractivity contribution in [1.82, 2.24) is 10.6 Å². The van der Waals surface area contributed by atoms with E-state index in [2.05, 4.69) is 16.0 Å². The predicted molar refractivity (Wildman–Crippen MR) is 91.1 cm³/mol. The molecule has 1 aliphatic rings. The van der Waals surface area contributed by atoms with Gasteiger partial charge in [0.25, 0.3) is 0 Å². The number of nitrogens with one attached hydrogen (secondary N) is 3. The van der Waals surface area contributed by atoms with Gasteiger partial charge in [-0.3, -0.25) is 4.79 Å². The number of rotatable bonds is 4. The fourth-order valence-electron chi connectivity index (χ4n) is 2.54. The van der Waals surface area contributed by atoms with Crippen LogP contribution in [0.2, 0.25) is 0 Å². The summed E-state index contributed by atoms with van der Waals surface area (Å²) in [7, 11) is 0. The maximum absolute atomic E-state index is 13.3. The van der Waals surface area contributed by atoms with Crippen LogP contribution in [-0.4, -0.2) is 24.5 Å². The van der Waals surface area contributed by atoms with E-state index in [0.29, 0.717) is 30.2 Å². The number of amides is 3. The molecule has 25 heavy (non-hydrogen) atoms. The Labute approximate surface area is 144 Å². The lowest BCUT2D eigenvalue weighted by molar-refractivity contribution is -0.124. The molecule has 1 aliphatic heterocycles. The summed E-state index contributed by atoms with van der Waals surface area (Å²) in [5.74, 6) is 0.0901. The van der Waals surface area contributed by atoms with Crippen molar-refractivity contribution in [2.45, 2.75) is 18.9 Å². The second-order valence-electron chi connectivity index (χ2n) is 5.64. The number of carbonyl (C=O) groups is 2. The Balaban J connectivity index is 1.68. The van der Waals surface area contributed by atoms with Crippen LogP contribution in [0, 0.1) is 5.82 Å². The van der Waals surface area contributed by atoms with Gasteiger partial charge < -0.3 is 20.7 Å². The van der Waals surface area contributed by atoms with E-state index >= 15 is 0 Å². The van der Waals surface area contributed by atoms with Crippen molar-refractivity contribution in [3.63, 3.8) is 0 Å². The first-order valence-electron chi connectivity index (χ1n) is 7.99. The van der Waals surface area contributed by atoms with E-state index in [1.165, 1.54) is 18.2 Å². The largest absolute Gasteiger partial charge is 0.455 e. The highest BCUT2D eigenvalue weighted by atomic mass is 19.1. The summed E-state index contributed by atoms with van der Waals surface area (Å²) < 4.78 is 18.9. The molecule has 1 atom stereocenters. The fourth-order valence-corrected chi connectivity index (χ4v) is 2.54. The van der Waals surface area contributed by atoms with E-state index in [1.54, 1.807) is 30.3 Å². The zero-order chi connectivity index (χ0) is 17.6. The highest BCUT2D eigenvalue weighted by molar-refractivity contribution is 5.95. The van der Waals surface area contributed by atoms with Gasteiger partial charge in [0.1, 0.15) is 17.6 Å². The van der Waals surface area contributed by atoms with Gasteiger partial charge in [0.2, 0.25) is 5.91 Å². The van der Waals surface area contributed by atoms with Crippen LogP contribution in [0.25, 0.3) is 0 Å². The van der Waals surface area contributed by atoms with Gasteiger partial charge in [-0.2, -0.15) is 0 Å². The van der Waals surface area contributed by atoms with E-state index in [-0.39, 0.29) is 5.91 Å². The first kappa shape index (κ1) is 16.8. The molecule has 2 aromatic rings. The minimum atomic E-state index is -0.551. The number of carbonyl (C=O) groups excluding carboxylic acids is 2. The Hall–Kier alpha value is -3.09. The van der Waals surface area contributed by atoms with Gasteiger partial charge in [0.15, 0.2) is 5.75 Å². The zero-order valence-electron chi connectivity index (χ0n) is 13.4. The Morgan fingerprint density at radius 1 is 1.20 bits per heavy atom. The molecule has 0 aliphatic carbocycles. The lowest BCUT2D eigenvalue weighted by Gasteiger charge is -2.23. The van der Waals surface area contributed by atoms with E-state index < -0.39 is 17.9 Å². The Kier molecular flexibility index (Phi) is 5.13. The zero-order valence-corrected chi connectivity index (χ0v) is 13.4. The Morgan fingerprint density at radius 3 is 2.84 bits per heavy atom. The average molecular weight is 343 g/mol. The lowest BCUT2D eigenvalue weighted by Crippen LogP contribution is -2.51. The minimum absolute atomic E-state index is 0.189. The van der Waals surface area contributed by atoms with E-state index in [1.807, 2.05) is 0 Å². The third-order valence-corrected chi connectivity index (χ3v) is 3.75. The maximum Gasteiger partial charge on any atom is 0.319 e. The van der Waals surface area contributed by atoms with Gasteiger partial charge in [-0.25, -0.2) is 9.18 Å². The first-order valence-corrected chi connectivity index (χ1v) is 7.99. The molecule has 130 valence electrons. The van der Waals surface area contributed by atoms with Crippen molar-refractivity contribution in [3.05, 3.63) is 54.3 Å². The molecule has 7 heteroatoms. The van der Waals surface area contributed by atoms with Crippen LogP contribution in [0.1, 0.15) is 12.8 Å². The topological polar surface area (TPSA) is 79.5 Å². The molecule has 3 N–H and O–H groups in total. The molecule has 0 bridgehead atoms. The molecule has 6 nitrogen and oxygen atoms in total. The number of hydrogen-bond donors (Lipinski definition) is 3. The Morgan fingerprint density at radius 2 is 2.04 bits per heavy atom. The first-order chi connectivity index (χ1) is 12.1. The van der Waals surface area contributed by atoms with Crippen LogP contribution in [-0.2, 0) is 4.79 Å². The van der Waals surface area contributed by atoms with Crippen LogP contribution in [0.15, 0.2) is 48.5 Å². The number of anilines is 1. The van der Waals surface area contributed by atoms with Crippen molar-refractivity contribution in [2.75, 3.05) is 11.9 Å². The third-order valence-electron chi connectivity index (χ3n) is 3.75. The fraction of sp³-hybridized carbons (Fsp3) is 0.222. The van der Waals surface area contributed by atoms with Gasteiger partial charge in [0.05, 0.1) is 5.69 Å². The number of halogens is 1. The number of hydrogen-bond acceptors (Lipinski definition) is 3. The molecule has 1 saturated heterocycles. The van der Waals surface area contributed by atoms with Gasteiger partial charge >= 0.3 is 6.03 Å². The number of urea groups is 1. The van der Waals surface area contributed by atoms with Crippen molar-refractivity contribution in [1.29, 1.82) is 0 Å². The summed E-state index contributed by atoms with van der Waals surface area (Å²) in [5, 5.41) is 8.01. The molecule has 0 saturated carbocycles. The number of piperidine rings is 1. The molecular weight excluding hydrogens is 325 g/mol. The summed E-state index contributed by atoms with van der Waals surface area (Å²) >= 11 is 0. The molecule has 0 aromatic heterocycles. The number of ether oxygens (including phenoxy) is 1. The summed E-state index contributed by atoms with van der Waals surface area (Å²) in [5.41, 5.74) is 0.417. The number of benzene rings is 2. The summed E-state index contributed by atoms with van der Waals surface area (Å²) in [6, 6.07) is 11.5. The van der Waals surface area contributed by atoms with Gasteiger partial charge in [-0.1, -0.05) is 18.2 Å². The Bertz CT molecular complexity index is 782. The summed E-state index contributed by atoms with van der Waals surface area (Å²) in [4.78, 5) is 23.9. The quantitative estimate of drug-likeness (QED) is 0.798. The molecule has 0 radical (unpaired) electrons. The molecule has 3 amide bonds. The van der Waals surface area contributed by atoms with Crippen LogP contribution in [0.5, 0.6) is 11.5 Å². The standard InChI is InChI=1S/C18H18FN3O3/c19-12-5-3-6-13(11-12)25-16-9-2-1-7-14(16)21-18(24)22-15-8-4-10-20-17(15)23/h1-3,5-7,9,11,15H,4,8,10H2,(H,20,23)(H2,21,22,24)/t15-/m1/s1. The van der Waals surface area contributed by atoms with Gasteiger partial charge in [-0.15, -0.1) is 0 Å². The molecule has 1 heterocycles. The van der Waals surface area contributed by atoms with E-state index in [0.717, 1.165) is 6.42 Å². The highest BCUT2D eigenvalue weighted by Gasteiger charge is 2.23. The third kappa shape index (κ3) is 4.47. The van der Waals surface area contributed by atoms with Crippen LogP contribution in [0.4, 0.5) is 14.9 Å². The van der Waals surface area contributed by atoms with Gasteiger partial charge in [-0.05, 0) is 37.1 Å². The van der Waals surface area contributed by atoms with Crippen LogP contribution < -0.4 is 20.7 Å². The second-order valence-corrected chi connectivity index (χ2v) is 5.64. The van der Waals surface area contributed by atoms with E-state index in [9.17, 15) is 14.0 Å². The van der Waals surface area contributed by atoms with E-state index in [4.69, 9.17) is 4.74 Å². The summed E-state index contributed by atoms with van der Waals surface area (Å²) in [6.07, 6.45) is 1.41. The maximum atomic E-state index is 13.3. The molecule has 3 rings (SSSR count). The molecule has 0 unspecified atom stereocenters. The lowest BCUT2D eigenvalue weighted by atomic mass is 10.1. The molecular formula is C18H18FN3O3. The van der Waals surface area contributed by atoms with Crippen molar-refractivity contribution in [2.24, 2.45) is 0 Å². The predicted octanol–water partition coefficient (Wildman–Crippen LogP) is 3.02. The van der Waals surface area contributed by atoms with Crippen molar-refractivity contribution >= 4 is 17.6 Å². The normalized spacial score (nSPS) is 16.7. The number of para-hydroxylation sites is 2. The minimum Gasteiger partial charge on any atom is -0.455 e. The molecule has 0 spiro atoms. The van der Waals surface area contributed by atoms with Gasteiger partial charge in [0, 0.05) is 12.6 Å². The highest BCUT2D eigenvalue weighted by Crippen LogP contribution is 2.29. The smallest absolute Gasteiger partial charge is 0.319 e.